The summed E-state index contributed by atoms with van der Waals surface area (Å²) >= 11 is 0. The van der Waals surface area contributed by atoms with Gasteiger partial charge in [-0.1, -0.05) is 18.2 Å². The number of likely N-dealkylation sites (N-methyl/N-ethyl adjacent to an activating group) is 1. The van der Waals surface area contributed by atoms with Gasteiger partial charge in [0.15, 0.2) is 0 Å². The highest BCUT2D eigenvalue weighted by atomic mass is 16.5. The molecule has 6 nitrogen and oxygen atoms in total. The van der Waals surface area contributed by atoms with E-state index in [-0.39, 0.29) is 18.1 Å². The Labute approximate surface area is 119 Å². The molecule has 0 aliphatic rings. The fourth-order valence-corrected chi connectivity index (χ4v) is 1.91. The number of nitrogens with one attached hydrogen (secondary N) is 1. The van der Waals surface area contributed by atoms with Crippen LogP contribution in [0.15, 0.2) is 29.4 Å². The van der Waals surface area contributed by atoms with Crippen LogP contribution in [0.2, 0.25) is 0 Å². The second-order valence-corrected chi connectivity index (χ2v) is 4.57. The molecule has 2 atom stereocenters. The largest absolute Gasteiger partial charge is 0.468 e. The highest BCUT2D eigenvalue weighted by molar-refractivity contribution is 5.79. The molecule has 0 unspecified atom stereocenters. The van der Waals surface area contributed by atoms with Crippen LogP contribution >= 0.6 is 0 Å². The molecule has 0 fully saturated rings. The fraction of sp³-hybridized carbons (Fsp3) is 0.429. The zero-order valence-corrected chi connectivity index (χ0v) is 12.2. The molecular weight excluding hydrogens is 258 g/mol. The molecule has 1 rings (SSSR count). The Hall–Kier alpha value is -1.92. The summed E-state index contributed by atoms with van der Waals surface area (Å²) in [7, 11) is 3.26. The van der Waals surface area contributed by atoms with Crippen LogP contribution in [0.3, 0.4) is 0 Å². The van der Waals surface area contributed by atoms with Crippen molar-refractivity contribution >= 4 is 12.2 Å². The molecule has 0 bridgehead atoms. The van der Waals surface area contributed by atoms with Gasteiger partial charge in [0.2, 0.25) is 0 Å². The van der Waals surface area contributed by atoms with Crippen molar-refractivity contribution in [3.05, 3.63) is 35.4 Å². The first-order valence-electron chi connectivity index (χ1n) is 6.33. The minimum absolute atomic E-state index is 0.0412. The van der Waals surface area contributed by atoms with Gasteiger partial charge in [-0.2, -0.15) is 10.7 Å². The summed E-state index contributed by atoms with van der Waals surface area (Å²) in [5.74, 6) is -0.262. The lowest BCUT2D eigenvalue weighted by Crippen LogP contribution is -2.38. The third kappa shape index (κ3) is 4.04. The van der Waals surface area contributed by atoms with E-state index in [1.54, 1.807) is 5.59 Å². The molecule has 0 aromatic heterocycles. The summed E-state index contributed by atoms with van der Waals surface area (Å²) in [4.78, 5) is 13.5. The van der Waals surface area contributed by atoms with E-state index in [1.165, 1.54) is 13.3 Å². The van der Waals surface area contributed by atoms with Crippen LogP contribution in [0.25, 0.3) is 0 Å². The maximum Gasteiger partial charge on any atom is 0.322 e. The van der Waals surface area contributed by atoms with Crippen LogP contribution in [0.5, 0.6) is 0 Å². The summed E-state index contributed by atoms with van der Waals surface area (Å²) < 4.78 is 4.76. The molecular formula is C14H21N3O3. The number of hydrazone groups is 1. The van der Waals surface area contributed by atoms with Crippen molar-refractivity contribution in [1.29, 1.82) is 0 Å². The zero-order chi connectivity index (χ0) is 15.1. The topological polar surface area (TPSA) is 74.2 Å². The Balaban J connectivity index is 2.88. The summed E-state index contributed by atoms with van der Waals surface area (Å²) in [6.07, 6.45) is 1.51. The van der Waals surface area contributed by atoms with Crippen molar-refractivity contribution in [1.82, 2.24) is 10.5 Å². The van der Waals surface area contributed by atoms with Gasteiger partial charge in [0.1, 0.15) is 6.04 Å². The molecule has 0 saturated heterocycles. The standard InChI is InChI=1S/C14H21N3O3/c1-10(17(3)11(2)14(18)20-4)13-7-5-6-12(8-13)9-15-16-19/h5-11,16,19H,1-4H3/b15-9-/t10-,11-/m0/s1. The first-order valence-corrected chi connectivity index (χ1v) is 6.33. The van der Waals surface area contributed by atoms with E-state index in [4.69, 9.17) is 9.94 Å². The van der Waals surface area contributed by atoms with Crippen LogP contribution in [-0.2, 0) is 9.53 Å². The summed E-state index contributed by atoms with van der Waals surface area (Å²) in [6, 6.07) is 7.43. The molecule has 6 heteroatoms. The van der Waals surface area contributed by atoms with Crippen molar-refractivity contribution in [2.24, 2.45) is 5.10 Å². The lowest BCUT2D eigenvalue weighted by Gasteiger charge is -2.29. The van der Waals surface area contributed by atoms with E-state index >= 15 is 0 Å². The van der Waals surface area contributed by atoms with E-state index < -0.39 is 0 Å². The first kappa shape index (κ1) is 16.1. The molecule has 1 aromatic carbocycles. The van der Waals surface area contributed by atoms with Crippen molar-refractivity contribution in [2.45, 2.75) is 25.9 Å². The van der Waals surface area contributed by atoms with Gasteiger partial charge < -0.3 is 4.74 Å². The van der Waals surface area contributed by atoms with E-state index in [0.29, 0.717) is 0 Å². The molecule has 0 radical (unpaired) electrons. The minimum atomic E-state index is -0.327. The van der Waals surface area contributed by atoms with Gasteiger partial charge in [0.25, 0.3) is 0 Å². The quantitative estimate of drug-likeness (QED) is 0.469. The SMILES string of the molecule is COC(=O)[C@H](C)N(C)[C@@H](C)c1cccc(/C=N\NO)c1. The normalized spacial score (nSPS) is 14.3. The number of carbonyl (C=O) groups is 1. The van der Waals surface area contributed by atoms with Crippen LogP contribution in [0, 0.1) is 0 Å². The lowest BCUT2D eigenvalue weighted by atomic mass is 10.0. The summed E-state index contributed by atoms with van der Waals surface area (Å²) in [5, 5.41) is 12.0. The fourth-order valence-electron chi connectivity index (χ4n) is 1.91. The molecule has 110 valence electrons. The number of rotatable bonds is 6. The third-order valence-corrected chi connectivity index (χ3v) is 3.43. The molecule has 0 heterocycles. The number of methoxy groups -OCH3 is 1. The Bertz CT molecular complexity index is 476. The zero-order valence-electron chi connectivity index (χ0n) is 12.2. The first-order chi connectivity index (χ1) is 9.51. The van der Waals surface area contributed by atoms with Crippen LogP contribution < -0.4 is 5.59 Å². The molecule has 0 aliphatic heterocycles. The second kappa shape index (κ2) is 7.62. The monoisotopic (exact) mass is 279 g/mol. The van der Waals surface area contributed by atoms with Gasteiger partial charge in [0.05, 0.1) is 13.3 Å². The van der Waals surface area contributed by atoms with Crippen molar-refractivity contribution in [3.63, 3.8) is 0 Å². The highest BCUT2D eigenvalue weighted by Crippen LogP contribution is 2.21. The van der Waals surface area contributed by atoms with Crippen molar-refractivity contribution < 1.29 is 14.7 Å². The Morgan fingerprint density at radius 2 is 2.20 bits per heavy atom. The number of benzene rings is 1. The number of hydrogen-bond donors (Lipinski definition) is 2. The molecule has 0 spiro atoms. The number of carbonyl (C=O) groups excluding carboxylic acids is 1. The predicted octanol–water partition coefficient (Wildman–Crippen LogP) is 1.55. The maximum atomic E-state index is 11.6. The van der Waals surface area contributed by atoms with Gasteiger partial charge in [-0.3, -0.25) is 14.9 Å². The Kier molecular flexibility index (Phi) is 6.14. The number of nitrogens with zero attached hydrogens (tertiary/aromatic N) is 2. The average molecular weight is 279 g/mol. The van der Waals surface area contributed by atoms with Crippen LogP contribution in [-0.4, -0.2) is 42.5 Å². The summed E-state index contributed by atoms with van der Waals surface area (Å²) in [6.45, 7) is 3.82. The molecule has 1 aromatic rings. The Morgan fingerprint density at radius 1 is 1.50 bits per heavy atom. The van der Waals surface area contributed by atoms with Crippen LogP contribution in [0.4, 0.5) is 0 Å². The van der Waals surface area contributed by atoms with Crippen LogP contribution in [0.1, 0.15) is 31.0 Å². The molecule has 0 amide bonds. The molecule has 0 aliphatic carbocycles. The predicted molar refractivity (Wildman–Crippen MR) is 76.6 cm³/mol. The van der Waals surface area contributed by atoms with Gasteiger partial charge >= 0.3 is 5.97 Å². The summed E-state index contributed by atoms with van der Waals surface area (Å²) in [5.41, 5.74) is 3.63. The second-order valence-electron chi connectivity index (χ2n) is 4.57. The van der Waals surface area contributed by atoms with E-state index in [0.717, 1.165) is 11.1 Å². The number of ether oxygens (including phenoxy) is 1. The lowest BCUT2D eigenvalue weighted by molar-refractivity contribution is -0.146. The minimum Gasteiger partial charge on any atom is -0.468 e. The van der Waals surface area contributed by atoms with E-state index in [9.17, 15) is 4.79 Å². The van der Waals surface area contributed by atoms with Gasteiger partial charge in [-0.25, -0.2) is 0 Å². The van der Waals surface area contributed by atoms with Gasteiger partial charge in [0, 0.05) is 6.04 Å². The van der Waals surface area contributed by atoms with E-state index in [1.807, 2.05) is 50.1 Å². The van der Waals surface area contributed by atoms with Crippen molar-refractivity contribution in [3.8, 4) is 0 Å². The highest BCUT2D eigenvalue weighted by Gasteiger charge is 2.23. The molecule has 0 saturated carbocycles. The van der Waals surface area contributed by atoms with E-state index in [2.05, 4.69) is 5.10 Å². The smallest absolute Gasteiger partial charge is 0.322 e. The average Bonchev–Trinajstić information content (AvgIpc) is 2.50. The van der Waals surface area contributed by atoms with Crippen molar-refractivity contribution in [2.75, 3.05) is 14.2 Å². The molecule has 20 heavy (non-hydrogen) atoms. The third-order valence-electron chi connectivity index (χ3n) is 3.43. The van der Waals surface area contributed by atoms with Gasteiger partial charge in [-0.15, -0.1) is 0 Å². The number of esters is 1. The molecule has 2 N–H and O–H groups in total. The Morgan fingerprint density at radius 3 is 2.80 bits per heavy atom. The number of hydrogen-bond acceptors (Lipinski definition) is 6. The van der Waals surface area contributed by atoms with Gasteiger partial charge in [-0.05, 0) is 38.1 Å². The maximum absolute atomic E-state index is 11.6.